The predicted molar refractivity (Wildman–Crippen MR) is 290 cm³/mol. The minimum absolute atomic E-state index is 0.575. The molecule has 328 valence electrons. The smallest absolute Gasteiger partial charge is 0.0720 e. The molecule has 1 heteroatoms. The maximum Gasteiger partial charge on any atom is 0.0720 e. The third-order valence-corrected chi connectivity index (χ3v) is 14.7. The average Bonchev–Trinajstić information content (AvgIpc) is 3.72. The first kappa shape index (κ1) is 41.9. The van der Waals surface area contributed by atoms with Gasteiger partial charge in [-0.1, -0.05) is 231 Å². The number of rotatable bonds is 9. The van der Waals surface area contributed by atoms with E-state index in [-0.39, 0.29) is 0 Å². The maximum absolute atomic E-state index is 2.52. The molecule has 69 heavy (non-hydrogen) atoms. The molecule has 0 saturated carbocycles. The standard InChI is InChI=1S/C68H51N/c1-3-23-54(4-2)67(55-30-15-8-16-31-55)62-34-19-21-36-64(62)68(65-37-22-20-35-63(65)67)61-33-18-17-32-59(61)60-43-42-57(47-66(60)68)69(56-40-38-51(39-41-56)48-24-9-5-10-25-48)58-45-52(49-26-11-6-12-27-49)44-53(46-58)50-28-13-7-14-29-50/h3-47H,1-2H3/b23-3-,54-4+. The van der Waals surface area contributed by atoms with Gasteiger partial charge in [0.2, 0.25) is 0 Å². The highest BCUT2D eigenvalue weighted by molar-refractivity contribution is 5.93. The highest BCUT2D eigenvalue weighted by atomic mass is 15.1. The SMILES string of the molecule is C/C=C\C(=C/C)C1(c2ccccc2)c2ccccc2C2(c3ccccc3-c3ccc(N(c4ccc(-c5ccccc5)cc4)c4cc(-c5ccccc5)cc(-c5ccccc5)c4)cc32)c2ccccc21. The van der Waals surface area contributed by atoms with Crippen molar-refractivity contribution < 1.29 is 0 Å². The Morgan fingerprint density at radius 3 is 1.30 bits per heavy atom. The quantitative estimate of drug-likeness (QED) is 0.131. The summed E-state index contributed by atoms with van der Waals surface area (Å²) in [6.45, 7) is 4.33. The Kier molecular flexibility index (Phi) is 10.5. The van der Waals surface area contributed by atoms with E-state index in [1.165, 1.54) is 77.9 Å². The predicted octanol–water partition coefficient (Wildman–Crippen LogP) is 17.7. The molecular weight excluding hydrogens is 831 g/mol. The topological polar surface area (TPSA) is 3.24 Å². The Bertz CT molecular complexity index is 3440. The fraction of sp³-hybridized carbons (Fsp3) is 0.0588. The van der Waals surface area contributed by atoms with Crippen LogP contribution in [0, 0.1) is 0 Å². The van der Waals surface area contributed by atoms with Crippen LogP contribution < -0.4 is 4.90 Å². The molecule has 2 aliphatic carbocycles. The lowest BCUT2D eigenvalue weighted by molar-refractivity contribution is 0.622. The molecule has 0 N–H and O–H groups in total. The van der Waals surface area contributed by atoms with E-state index in [0.717, 1.165) is 28.2 Å². The summed E-state index contributed by atoms with van der Waals surface area (Å²) in [5, 5.41) is 0. The lowest BCUT2D eigenvalue weighted by Gasteiger charge is -2.50. The number of nitrogens with zero attached hydrogens (tertiary/aromatic N) is 1. The molecule has 12 rings (SSSR count). The number of hydrogen-bond acceptors (Lipinski definition) is 1. The van der Waals surface area contributed by atoms with E-state index in [2.05, 4.69) is 292 Å². The molecule has 0 heterocycles. The number of allylic oxidation sites excluding steroid dienone is 4. The van der Waals surface area contributed by atoms with Crippen LogP contribution in [0.15, 0.2) is 279 Å². The second-order valence-electron chi connectivity index (χ2n) is 18.2. The summed E-state index contributed by atoms with van der Waals surface area (Å²) >= 11 is 0. The Morgan fingerprint density at radius 2 is 0.768 bits per heavy atom. The van der Waals surface area contributed by atoms with Gasteiger partial charge in [-0.2, -0.15) is 0 Å². The van der Waals surface area contributed by atoms with E-state index in [9.17, 15) is 0 Å². The second kappa shape index (κ2) is 17.3. The maximum atomic E-state index is 2.52. The first-order valence-electron chi connectivity index (χ1n) is 24.2. The van der Waals surface area contributed by atoms with Gasteiger partial charge >= 0.3 is 0 Å². The van der Waals surface area contributed by atoms with Crippen molar-refractivity contribution >= 4 is 17.1 Å². The van der Waals surface area contributed by atoms with Crippen LogP contribution in [-0.2, 0) is 10.8 Å². The summed E-state index contributed by atoms with van der Waals surface area (Å²) in [7, 11) is 0. The molecule has 0 atom stereocenters. The average molecular weight is 882 g/mol. The molecule has 0 radical (unpaired) electrons. The fourth-order valence-electron chi connectivity index (χ4n) is 11.9. The van der Waals surface area contributed by atoms with Gasteiger partial charge in [0.1, 0.15) is 0 Å². The van der Waals surface area contributed by atoms with Crippen LogP contribution in [0.4, 0.5) is 17.1 Å². The van der Waals surface area contributed by atoms with Gasteiger partial charge < -0.3 is 4.90 Å². The van der Waals surface area contributed by atoms with Gasteiger partial charge in [-0.05, 0) is 145 Å². The van der Waals surface area contributed by atoms with E-state index in [4.69, 9.17) is 0 Å². The molecular formula is C68H51N. The number of benzene rings is 10. The third-order valence-electron chi connectivity index (χ3n) is 14.7. The zero-order chi connectivity index (χ0) is 46.4. The zero-order valence-electron chi connectivity index (χ0n) is 38.9. The van der Waals surface area contributed by atoms with E-state index >= 15 is 0 Å². The Morgan fingerprint density at radius 1 is 0.333 bits per heavy atom. The van der Waals surface area contributed by atoms with Crippen LogP contribution in [0.3, 0.4) is 0 Å². The second-order valence-corrected chi connectivity index (χ2v) is 18.2. The lowest BCUT2D eigenvalue weighted by atomic mass is 9.51. The van der Waals surface area contributed by atoms with E-state index in [1.807, 2.05) is 0 Å². The number of hydrogen-bond donors (Lipinski definition) is 0. The molecule has 1 spiro atoms. The molecule has 10 aromatic rings. The Hall–Kier alpha value is -8.52. The number of fused-ring (bicyclic) bond motifs is 9. The molecule has 2 aliphatic rings. The molecule has 0 aliphatic heterocycles. The molecule has 0 amide bonds. The molecule has 10 aromatic carbocycles. The molecule has 0 unspecified atom stereocenters. The van der Waals surface area contributed by atoms with Crippen molar-refractivity contribution in [1.82, 2.24) is 0 Å². The fourth-order valence-corrected chi connectivity index (χ4v) is 11.9. The van der Waals surface area contributed by atoms with Crippen molar-refractivity contribution in [2.24, 2.45) is 0 Å². The number of anilines is 3. The van der Waals surface area contributed by atoms with Crippen LogP contribution in [-0.4, -0.2) is 0 Å². The molecule has 0 aromatic heterocycles. The molecule has 1 nitrogen and oxygen atoms in total. The van der Waals surface area contributed by atoms with Crippen molar-refractivity contribution in [3.63, 3.8) is 0 Å². The Labute approximate surface area is 406 Å². The van der Waals surface area contributed by atoms with Crippen molar-refractivity contribution in [3.8, 4) is 44.5 Å². The van der Waals surface area contributed by atoms with E-state index < -0.39 is 10.8 Å². The van der Waals surface area contributed by atoms with Gasteiger partial charge in [-0.25, -0.2) is 0 Å². The van der Waals surface area contributed by atoms with Crippen LogP contribution >= 0.6 is 0 Å². The van der Waals surface area contributed by atoms with E-state index in [1.54, 1.807) is 0 Å². The minimum atomic E-state index is -0.633. The van der Waals surface area contributed by atoms with Crippen LogP contribution in [0.5, 0.6) is 0 Å². The molecule has 0 fully saturated rings. The summed E-state index contributed by atoms with van der Waals surface area (Å²) < 4.78 is 0. The minimum Gasteiger partial charge on any atom is -0.310 e. The lowest BCUT2D eigenvalue weighted by Crippen LogP contribution is -2.44. The summed E-state index contributed by atoms with van der Waals surface area (Å²) in [6.07, 6.45) is 6.84. The first-order chi connectivity index (χ1) is 34.1. The van der Waals surface area contributed by atoms with Crippen LogP contribution in [0.25, 0.3) is 44.5 Å². The summed E-state index contributed by atoms with van der Waals surface area (Å²) in [4.78, 5) is 2.48. The summed E-state index contributed by atoms with van der Waals surface area (Å²) in [6, 6.07) is 94.6. The van der Waals surface area contributed by atoms with Gasteiger partial charge in [0.25, 0.3) is 0 Å². The molecule has 0 bridgehead atoms. The largest absolute Gasteiger partial charge is 0.310 e. The van der Waals surface area contributed by atoms with Crippen molar-refractivity contribution in [1.29, 1.82) is 0 Å². The van der Waals surface area contributed by atoms with Gasteiger partial charge in [0, 0.05) is 17.1 Å². The normalized spacial score (nSPS) is 16.7. The monoisotopic (exact) mass is 881 g/mol. The van der Waals surface area contributed by atoms with Crippen molar-refractivity contribution in [3.05, 3.63) is 318 Å². The van der Waals surface area contributed by atoms with Crippen LogP contribution in [0.2, 0.25) is 0 Å². The zero-order valence-corrected chi connectivity index (χ0v) is 38.9. The summed E-state index contributed by atoms with van der Waals surface area (Å²) in [5.74, 6) is 0. The highest BCUT2D eigenvalue weighted by Crippen LogP contribution is 2.65. The van der Waals surface area contributed by atoms with E-state index in [0.29, 0.717) is 0 Å². The highest BCUT2D eigenvalue weighted by Gasteiger charge is 2.56. The van der Waals surface area contributed by atoms with Gasteiger partial charge in [0.15, 0.2) is 0 Å². The third kappa shape index (κ3) is 6.61. The van der Waals surface area contributed by atoms with Crippen LogP contribution in [0.1, 0.15) is 52.8 Å². The van der Waals surface area contributed by atoms with Gasteiger partial charge in [-0.15, -0.1) is 0 Å². The van der Waals surface area contributed by atoms with Crippen molar-refractivity contribution in [2.45, 2.75) is 24.7 Å². The van der Waals surface area contributed by atoms with Gasteiger partial charge in [0.05, 0.1) is 10.8 Å². The Balaban J connectivity index is 1.16. The summed E-state index contributed by atoms with van der Waals surface area (Å²) in [5.41, 5.74) is 21.9. The first-order valence-corrected chi connectivity index (χ1v) is 24.2. The molecule has 0 saturated heterocycles. The van der Waals surface area contributed by atoms with Gasteiger partial charge in [-0.3, -0.25) is 0 Å². The van der Waals surface area contributed by atoms with Crippen molar-refractivity contribution in [2.75, 3.05) is 4.90 Å².